The summed E-state index contributed by atoms with van der Waals surface area (Å²) in [4.78, 5) is 2.68. The molecule has 10 heteroatoms. The fourth-order valence-electron chi connectivity index (χ4n) is 4.59. The smallest absolute Gasteiger partial charge is 0.243 e. The average molecular weight is 524 g/mol. The number of sulfonamides is 1. The lowest BCUT2D eigenvalue weighted by atomic mass is 10.1. The number of halogens is 1. The van der Waals surface area contributed by atoms with E-state index in [1.54, 1.807) is 6.07 Å². The Morgan fingerprint density at radius 1 is 1.00 bits per heavy atom. The first-order valence-electron chi connectivity index (χ1n) is 12.0. The van der Waals surface area contributed by atoms with Crippen molar-refractivity contribution in [2.75, 3.05) is 44.3 Å². The molecule has 0 saturated carbocycles. The molecule has 4 rings (SSSR count). The van der Waals surface area contributed by atoms with E-state index in [4.69, 9.17) is 4.74 Å². The van der Waals surface area contributed by atoms with Crippen LogP contribution in [0.5, 0.6) is 0 Å². The zero-order valence-electron chi connectivity index (χ0n) is 21.4. The zero-order valence-corrected chi connectivity index (χ0v) is 23.0. The molecule has 2 fully saturated rings. The van der Waals surface area contributed by atoms with Gasteiger partial charge < -0.3 is 19.6 Å². The summed E-state index contributed by atoms with van der Waals surface area (Å²) in [5, 5.41) is 4.43. The summed E-state index contributed by atoms with van der Waals surface area (Å²) >= 11 is 0. The standard InChI is InChI=1S/C25H37N5O3S.ClH/c1-19-16-21(18-26-27-25(3,4)5)20(2)30(19)24-17-22(8-9-23(24)28-10-6-7-11-28)34(31,32)29-12-14-33-15-13-29;/h8-9,16-18,27H,6-7,10-15H2,1-5H3;1H. The molecule has 2 aliphatic rings. The summed E-state index contributed by atoms with van der Waals surface area (Å²) in [6.07, 6.45) is 4.13. The zero-order chi connectivity index (χ0) is 24.5. The van der Waals surface area contributed by atoms with Gasteiger partial charge in [0.2, 0.25) is 10.0 Å². The van der Waals surface area contributed by atoms with Crippen LogP contribution in [0.1, 0.15) is 50.6 Å². The predicted octanol–water partition coefficient (Wildman–Crippen LogP) is 3.86. The number of hydrogen-bond donors (Lipinski definition) is 1. The van der Waals surface area contributed by atoms with E-state index in [2.05, 4.69) is 60.7 Å². The number of hydrogen-bond acceptors (Lipinski definition) is 6. The monoisotopic (exact) mass is 523 g/mol. The van der Waals surface area contributed by atoms with Crippen molar-refractivity contribution >= 4 is 34.3 Å². The maximum Gasteiger partial charge on any atom is 0.243 e. The topological polar surface area (TPSA) is 79.2 Å². The van der Waals surface area contributed by atoms with Gasteiger partial charge in [0.25, 0.3) is 0 Å². The van der Waals surface area contributed by atoms with Crippen LogP contribution in [0.25, 0.3) is 5.69 Å². The summed E-state index contributed by atoms with van der Waals surface area (Å²) in [6, 6.07) is 7.67. The maximum absolute atomic E-state index is 13.4. The van der Waals surface area contributed by atoms with Crippen molar-refractivity contribution in [3.63, 3.8) is 0 Å². The van der Waals surface area contributed by atoms with Crippen LogP contribution < -0.4 is 10.3 Å². The highest BCUT2D eigenvalue weighted by Crippen LogP contribution is 2.34. The molecule has 1 aromatic carbocycles. The minimum atomic E-state index is -3.60. The van der Waals surface area contributed by atoms with Gasteiger partial charge in [-0.2, -0.15) is 9.41 Å². The summed E-state index contributed by atoms with van der Waals surface area (Å²) < 4.78 is 35.9. The molecule has 0 unspecified atom stereocenters. The van der Waals surface area contributed by atoms with Crippen LogP contribution in [0.2, 0.25) is 0 Å². The third kappa shape index (κ3) is 6.02. The first-order valence-corrected chi connectivity index (χ1v) is 13.5. The molecule has 0 bridgehead atoms. The molecular formula is C25H38ClN5O3S. The molecule has 1 N–H and O–H groups in total. The van der Waals surface area contributed by atoms with E-state index in [1.165, 1.54) is 4.31 Å². The second-order valence-corrected chi connectivity index (χ2v) is 12.1. The highest BCUT2D eigenvalue weighted by Gasteiger charge is 2.28. The number of rotatable bonds is 6. The summed E-state index contributed by atoms with van der Waals surface area (Å²) in [5.41, 5.74) is 8.06. The van der Waals surface area contributed by atoms with Crippen LogP contribution in [-0.4, -0.2) is 68.4 Å². The predicted molar refractivity (Wildman–Crippen MR) is 144 cm³/mol. The molecule has 2 aromatic rings. The van der Waals surface area contributed by atoms with Crippen molar-refractivity contribution in [1.82, 2.24) is 14.3 Å². The van der Waals surface area contributed by atoms with Gasteiger partial charge in [-0.25, -0.2) is 8.42 Å². The summed E-state index contributed by atoms with van der Waals surface area (Å²) in [5.74, 6) is 0. The van der Waals surface area contributed by atoms with E-state index in [0.29, 0.717) is 31.2 Å². The molecule has 0 aliphatic carbocycles. The Balaban J connectivity index is 0.00000342. The lowest BCUT2D eigenvalue weighted by molar-refractivity contribution is 0.0730. The number of nitrogens with one attached hydrogen (secondary N) is 1. The Labute approximate surface area is 215 Å². The van der Waals surface area contributed by atoms with Gasteiger partial charge in [-0.3, -0.25) is 0 Å². The van der Waals surface area contributed by atoms with Crippen molar-refractivity contribution in [2.45, 2.75) is 57.9 Å². The SMILES string of the molecule is Cc1cc(C=NNC(C)(C)C)c(C)n1-c1cc(S(=O)(=O)N2CCOCC2)ccc1N1CCCC1.Cl. The maximum atomic E-state index is 13.4. The van der Waals surface area contributed by atoms with E-state index in [-0.39, 0.29) is 17.9 Å². The van der Waals surface area contributed by atoms with Gasteiger partial charge >= 0.3 is 0 Å². The summed E-state index contributed by atoms with van der Waals surface area (Å²) in [7, 11) is -3.60. The first-order chi connectivity index (χ1) is 16.1. The minimum Gasteiger partial charge on any atom is -0.379 e. The molecule has 2 aliphatic heterocycles. The normalized spacial score (nSPS) is 17.7. The highest BCUT2D eigenvalue weighted by atomic mass is 35.5. The molecule has 1 aromatic heterocycles. The van der Waals surface area contributed by atoms with Crippen molar-refractivity contribution in [2.24, 2.45) is 5.10 Å². The van der Waals surface area contributed by atoms with Crippen molar-refractivity contribution in [3.05, 3.63) is 41.2 Å². The van der Waals surface area contributed by atoms with E-state index < -0.39 is 10.0 Å². The number of aromatic nitrogens is 1. The van der Waals surface area contributed by atoms with Gasteiger partial charge in [0.15, 0.2) is 0 Å². The molecule has 0 radical (unpaired) electrons. The summed E-state index contributed by atoms with van der Waals surface area (Å²) in [6.45, 7) is 13.9. The Kier molecular flexibility index (Phi) is 8.57. The number of anilines is 1. The second kappa shape index (κ2) is 10.9. The largest absolute Gasteiger partial charge is 0.379 e. The van der Waals surface area contributed by atoms with Crippen LogP contribution in [0, 0.1) is 13.8 Å². The quantitative estimate of drug-likeness (QED) is 0.459. The van der Waals surface area contributed by atoms with Crippen LogP contribution in [-0.2, 0) is 14.8 Å². The number of benzene rings is 1. The molecule has 0 amide bonds. The number of aryl methyl sites for hydroxylation is 1. The Morgan fingerprint density at radius 2 is 1.66 bits per heavy atom. The number of hydrazone groups is 1. The molecule has 0 atom stereocenters. The molecule has 3 heterocycles. The van der Waals surface area contributed by atoms with Crippen molar-refractivity contribution in [1.29, 1.82) is 0 Å². The Hall–Kier alpha value is -2.07. The number of ether oxygens (including phenoxy) is 1. The number of morpholine rings is 1. The average Bonchev–Trinajstić information content (AvgIpc) is 3.41. The molecule has 35 heavy (non-hydrogen) atoms. The van der Waals surface area contributed by atoms with Gasteiger partial charge in [0, 0.05) is 48.7 Å². The number of nitrogens with zero attached hydrogens (tertiary/aromatic N) is 4. The van der Waals surface area contributed by atoms with Crippen molar-refractivity contribution < 1.29 is 13.2 Å². The Morgan fingerprint density at radius 3 is 2.29 bits per heavy atom. The fourth-order valence-corrected chi connectivity index (χ4v) is 6.02. The van der Waals surface area contributed by atoms with E-state index in [9.17, 15) is 8.42 Å². The minimum absolute atomic E-state index is 0. The van der Waals surface area contributed by atoms with Crippen LogP contribution in [0.3, 0.4) is 0 Å². The fraction of sp³-hybridized carbons (Fsp3) is 0.560. The van der Waals surface area contributed by atoms with E-state index >= 15 is 0 Å². The molecular weight excluding hydrogens is 486 g/mol. The van der Waals surface area contributed by atoms with Crippen molar-refractivity contribution in [3.8, 4) is 5.69 Å². The first kappa shape index (κ1) is 27.5. The third-order valence-corrected chi connectivity index (χ3v) is 8.21. The Bertz CT molecular complexity index is 1160. The lowest BCUT2D eigenvalue weighted by Gasteiger charge is -2.28. The van der Waals surface area contributed by atoms with Gasteiger partial charge in [-0.1, -0.05) is 0 Å². The molecule has 0 spiro atoms. The van der Waals surface area contributed by atoms with Crippen LogP contribution >= 0.6 is 12.4 Å². The van der Waals surface area contributed by atoms with E-state index in [0.717, 1.165) is 54.3 Å². The van der Waals surface area contributed by atoms with Crippen LogP contribution in [0.15, 0.2) is 34.3 Å². The van der Waals surface area contributed by atoms with Gasteiger partial charge in [-0.15, -0.1) is 12.4 Å². The molecule has 8 nitrogen and oxygen atoms in total. The van der Waals surface area contributed by atoms with E-state index in [1.807, 2.05) is 18.3 Å². The molecule has 194 valence electrons. The molecule has 2 saturated heterocycles. The highest BCUT2D eigenvalue weighted by molar-refractivity contribution is 7.89. The lowest BCUT2D eigenvalue weighted by Crippen LogP contribution is -2.40. The van der Waals surface area contributed by atoms with Crippen LogP contribution in [0.4, 0.5) is 5.69 Å². The third-order valence-electron chi connectivity index (χ3n) is 6.32. The van der Waals surface area contributed by atoms with Gasteiger partial charge in [-0.05, 0) is 71.7 Å². The van der Waals surface area contributed by atoms with Gasteiger partial charge in [0.05, 0.1) is 35.7 Å². The second-order valence-electron chi connectivity index (χ2n) is 10.1. The van der Waals surface area contributed by atoms with Gasteiger partial charge in [0.1, 0.15) is 0 Å².